The van der Waals surface area contributed by atoms with Crippen molar-refractivity contribution >= 4 is 21.9 Å². The van der Waals surface area contributed by atoms with E-state index in [0.29, 0.717) is 14.8 Å². The second-order valence-electron chi connectivity index (χ2n) is 2.68. The van der Waals surface area contributed by atoms with E-state index >= 15 is 0 Å². The van der Waals surface area contributed by atoms with Crippen LogP contribution in [0.1, 0.15) is 23.0 Å². The zero-order valence-electron chi connectivity index (χ0n) is 7.91. The van der Waals surface area contributed by atoms with Gasteiger partial charge >= 0.3 is 11.7 Å². The highest BCUT2D eigenvalue weighted by Gasteiger charge is 2.22. The lowest BCUT2D eigenvalue weighted by molar-refractivity contribution is -0.609. The number of aromatic nitrogens is 1. The van der Waals surface area contributed by atoms with Gasteiger partial charge in [0.1, 0.15) is 0 Å². The average Bonchev–Trinajstić information content (AvgIpc) is 2.13. The Morgan fingerprint density at radius 2 is 2.36 bits per heavy atom. The van der Waals surface area contributed by atoms with E-state index in [0.717, 1.165) is 0 Å². The van der Waals surface area contributed by atoms with Crippen LogP contribution in [0.15, 0.2) is 16.7 Å². The van der Waals surface area contributed by atoms with E-state index in [1.807, 2.05) is 0 Å². The molecule has 0 fully saturated rings. The zero-order valence-corrected chi connectivity index (χ0v) is 9.50. The number of pyridine rings is 1. The van der Waals surface area contributed by atoms with Gasteiger partial charge in [0.05, 0.1) is 6.61 Å². The number of hydrogen-bond acceptors (Lipinski definition) is 3. The Morgan fingerprint density at radius 3 is 2.93 bits per heavy atom. The predicted octanol–water partition coefficient (Wildman–Crippen LogP) is 1.57. The van der Waals surface area contributed by atoms with Gasteiger partial charge in [0.15, 0.2) is 6.20 Å². The molecule has 1 aromatic rings. The van der Waals surface area contributed by atoms with Crippen LogP contribution in [-0.4, -0.2) is 12.6 Å². The molecule has 0 saturated carbocycles. The normalized spacial score (nSPS) is 9.93. The van der Waals surface area contributed by atoms with Crippen LogP contribution in [-0.2, 0) is 4.74 Å². The van der Waals surface area contributed by atoms with Crippen LogP contribution in [0.2, 0.25) is 0 Å². The highest BCUT2D eigenvalue weighted by atomic mass is 79.9. The van der Waals surface area contributed by atoms with Crippen LogP contribution in [0.25, 0.3) is 0 Å². The molecule has 14 heavy (non-hydrogen) atoms. The van der Waals surface area contributed by atoms with Crippen molar-refractivity contribution in [1.29, 1.82) is 0 Å². The van der Waals surface area contributed by atoms with Gasteiger partial charge in [-0.05, 0) is 13.8 Å². The van der Waals surface area contributed by atoms with Gasteiger partial charge in [0, 0.05) is 16.1 Å². The van der Waals surface area contributed by atoms with E-state index in [1.165, 1.54) is 6.20 Å². The van der Waals surface area contributed by atoms with Crippen molar-refractivity contribution in [2.75, 3.05) is 6.61 Å². The minimum absolute atomic E-state index is 0.0289. The van der Waals surface area contributed by atoms with Gasteiger partial charge in [-0.3, -0.25) is 0 Å². The molecule has 5 heteroatoms. The minimum atomic E-state index is -0.596. The Kier molecular flexibility index (Phi) is 3.46. The Balaban J connectivity index is 3.18. The number of nitrogens with zero attached hydrogens (tertiary/aromatic N) is 1. The van der Waals surface area contributed by atoms with Crippen LogP contribution in [0.4, 0.5) is 0 Å². The molecule has 0 amide bonds. The minimum Gasteiger partial charge on any atom is -0.618 e. The SMILES string of the molecule is CCOC(=O)c1c(C)c(Br)cc[n+]1[O-]. The maximum atomic E-state index is 11.4. The lowest BCUT2D eigenvalue weighted by Gasteiger charge is -2.07. The number of carbonyl (C=O) groups excluding carboxylic acids is 1. The average molecular weight is 260 g/mol. The first-order chi connectivity index (χ1) is 6.57. The van der Waals surface area contributed by atoms with Crippen LogP contribution >= 0.6 is 15.9 Å². The van der Waals surface area contributed by atoms with Gasteiger partial charge in [0.2, 0.25) is 0 Å². The fourth-order valence-corrected chi connectivity index (χ4v) is 1.36. The van der Waals surface area contributed by atoms with Crippen LogP contribution < -0.4 is 4.73 Å². The summed E-state index contributed by atoms with van der Waals surface area (Å²) >= 11 is 3.24. The van der Waals surface area contributed by atoms with Gasteiger partial charge in [-0.1, -0.05) is 15.9 Å². The summed E-state index contributed by atoms with van der Waals surface area (Å²) in [5.41, 5.74) is 0.613. The van der Waals surface area contributed by atoms with Crippen molar-refractivity contribution in [2.45, 2.75) is 13.8 Å². The summed E-state index contributed by atoms with van der Waals surface area (Å²) in [6, 6.07) is 1.59. The maximum Gasteiger partial charge on any atom is 0.405 e. The number of carbonyl (C=O) groups is 1. The molecule has 0 N–H and O–H groups in total. The molecule has 76 valence electrons. The van der Waals surface area contributed by atoms with Crippen LogP contribution in [0.5, 0.6) is 0 Å². The van der Waals surface area contributed by atoms with E-state index in [9.17, 15) is 10.0 Å². The van der Waals surface area contributed by atoms with Gasteiger partial charge in [-0.25, -0.2) is 4.79 Å². The maximum absolute atomic E-state index is 11.4. The molecular weight excluding hydrogens is 250 g/mol. The molecule has 4 nitrogen and oxygen atoms in total. The number of esters is 1. The third-order valence-corrected chi connectivity index (χ3v) is 2.62. The summed E-state index contributed by atoms with van der Waals surface area (Å²) < 4.78 is 5.99. The second kappa shape index (κ2) is 4.41. The molecule has 0 atom stereocenters. The fourth-order valence-electron chi connectivity index (χ4n) is 1.05. The lowest BCUT2D eigenvalue weighted by atomic mass is 10.2. The molecule has 1 rings (SSSR count). The van der Waals surface area contributed by atoms with E-state index in [1.54, 1.807) is 19.9 Å². The van der Waals surface area contributed by atoms with Crippen molar-refractivity contribution < 1.29 is 14.3 Å². The summed E-state index contributed by atoms with van der Waals surface area (Å²) in [5, 5.41) is 11.3. The highest BCUT2D eigenvalue weighted by Crippen LogP contribution is 2.16. The Morgan fingerprint density at radius 1 is 1.71 bits per heavy atom. The Bertz CT molecular complexity index is 365. The summed E-state index contributed by atoms with van der Waals surface area (Å²) in [6.45, 7) is 3.63. The van der Waals surface area contributed by atoms with Crippen molar-refractivity contribution in [3.63, 3.8) is 0 Å². The third kappa shape index (κ3) is 2.04. The van der Waals surface area contributed by atoms with E-state index in [2.05, 4.69) is 15.9 Å². The quantitative estimate of drug-likeness (QED) is 0.460. The van der Waals surface area contributed by atoms with Crippen molar-refractivity contribution in [3.8, 4) is 0 Å². The topological polar surface area (TPSA) is 53.2 Å². The van der Waals surface area contributed by atoms with Crippen molar-refractivity contribution in [3.05, 3.63) is 33.2 Å². The predicted molar refractivity (Wildman–Crippen MR) is 53.8 cm³/mol. The van der Waals surface area contributed by atoms with Crippen LogP contribution in [0, 0.1) is 12.1 Å². The molecule has 0 unspecified atom stereocenters. The molecule has 0 bridgehead atoms. The molecule has 0 spiro atoms. The molecule has 0 saturated heterocycles. The molecule has 1 heterocycles. The van der Waals surface area contributed by atoms with E-state index in [-0.39, 0.29) is 12.3 Å². The first-order valence-electron chi connectivity index (χ1n) is 4.13. The summed E-state index contributed by atoms with van der Waals surface area (Å²) in [5.74, 6) is -0.596. The van der Waals surface area contributed by atoms with E-state index < -0.39 is 5.97 Å². The lowest BCUT2D eigenvalue weighted by Crippen LogP contribution is -2.36. The second-order valence-corrected chi connectivity index (χ2v) is 3.54. The molecule has 0 aliphatic heterocycles. The summed E-state index contributed by atoms with van der Waals surface area (Å²) in [7, 11) is 0. The zero-order chi connectivity index (χ0) is 10.7. The Hall–Kier alpha value is -1.10. The first kappa shape index (κ1) is 11.0. The molecule has 0 aliphatic rings. The van der Waals surface area contributed by atoms with Crippen molar-refractivity contribution in [2.24, 2.45) is 0 Å². The number of ether oxygens (including phenoxy) is 1. The summed E-state index contributed by atoms with van der Waals surface area (Å²) in [4.78, 5) is 11.4. The van der Waals surface area contributed by atoms with Crippen molar-refractivity contribution in [1.82, 2.24) is 0 Å². The molecule has 0 radical (unpaired) electrons. The van der Waals surface area contributed by atoms with Gasteiger partial charge in [-0.2, -0.15) is 4.73 Å². The monoisotopic (exact) mass is 259 g/mol. The molecule has 0 aromatic carbocycles. The highest BCUT2D eigenvalue weighted by molar-refractivity contribution is 9.10. The summed E-state index contributed by atoms with van der Waals surface area (Å²) in [6.07, 6.45) is 1.27. The number of rotatable bonds is 2. The first-order valence-corrected chi connectivity index (χ1v) is 4.92. The van der Waals surface area contributed by atoms with Gasteiger partial charge in [0.25, 0.3) is 0 Å². The van der Waals surface area contributed by atoms with Crippen LogP contribution in [0.3, 0.4) is 0 Å². The fraction of sp³-hybridized carbons (Fsp3) is 0.333. The smallest absolute Gasteiger partial charge is 0.405 e. The standard InChI is InChI=1S/C9H10BrNO3/c1-3-14-9(12)8-6(2)7(10)4-5-11(8)13/h4-5H,3H2,1-2H3. The largest absolute Gasteiger partial charge is 0.618 e. The number of hydrogen-bond donors (Lipinski definition) is 0. The molecular formula is C9H10BrNO3. The Labute approximate surface area is 90.2 Å². The third-order valence-electron chi connectivity index (χ3n) is 1.76. The molecule has 1 aromatic heterocycles. The van der Waals surface area contributed by atoms with Gasteiger partial charge in [-0.15, -0.1) is 0 Å². The molecule has 0 aliphatic carbocycles. The number of halogens is 1. The van der Waals surface area contributed by atoms with Gasteiger partial charge < -0.3 is 9.94 Å². The van der Waals surface area contributed by atoms with E-state index in [4.69, 9.17) is 4.74 Å².